The molecule has 1 unspecified atom stereocenters. The van der Waals surface area contributed by atoms with Gasteiger partial charge in [0.1, 0.15) is 11.6 Å². The van der Waals surface area contributed by atoms with Crippen LogP contribution in [0.5, 0.6) is 5.75 Å². The van der Waals surface area contributed by atoms with E-state index in [1.54, 1.807) is 0 Å². The fourth-order valence-electron chi connectivity index (χ4n) is 2.87. The number of rotatable bonds is 5. The number of piperidine rings is 1. The van der Waals surface area contributed by atoms with Crippen molar-refractivity contribution in [3.8, 4) is 5.75 Å². The van der Waals surface area contributed by atoms with Crippen molar-refractivity contribution in [2.75, 3.05) is 19.7 Å². The van der Waals surface area contributed by atoms with Crippen molar-refractivity contribution in [2.45, 2.75) is 17.7 Å². The van der Waals surface area contributed by atoms with Gasteiger partial charge in [0.05, 0.1) is 11.5 Å². The summed E-state index contributed by atoms with van der Waals surface area (Å²) in [5.74, 6) is 0.493. The van der Waals surface area contributed by atoms with Crippen LogP contribution in [0.4, 0.5) is 4.39 Å². The molecule has 1 fully saturated rings. The van der Waals surface area contributed by atoms with E-state index in [1.807, 2.05) is 30.3 Å². The zero-order valence-electron chi connectivity index (χ0n) is 13.3. The maximum Gasteiger partial charge on any atom is 0.243 e. The van der Waals surface area contributed by atoms with Crippen LogP contribution in [0.1, 0.15) is 12.8 Å². The van der Waals surface area contributed by atoms with Crippen LogP contribution in [0, 0.1) is 11.7 Å². The summed E-state index contributed by atoms with van der Waals surface area (Å²) < 4.78 is 45.6. The number of nitrogens with zero attached hydrogens (tertiary/aromatic N) is 1. The Morgan fingerprint density at radius 1 is 1.08 bits per heavy atom. The number of benzene rings is 2. The third-order valence-electron chi connectivity index (χ3n) is 4.16. The van der Waals surface area contributed by atoms with Crippen LogP contribution in [0.15, 0.2) is 59.5 Å². The van der Waals surface area contributed by atoms with Gasteiger partial charge in [0, 0.05) is 19.0 Å². The molecule has 0 aromatic heterocycles. The SMILES string of the molecule is O=S(=O)(c1ccc(F)cc1)N1CCCC(COc2ccccc2)C1. The Morgan fingerprint density at radius 3 is 2.50 bits per heavy atom. The van der Waals surface area contributed by atoms with E-state index in [-0.39, 0.29) is 10.8 Å². The van der Waals surface area contributed by atoms with Crippen molar-refractivity contribution < 1.29 is 17.5 Å². The summed E-state index contributed by atoms with van der Waals surface area (Å²) in [6.07, 6.45) is 1.73. The van der Waals surface area contributed by atoms with Gasteiger partial charge in [0.25, 0.3) is 0 Å². The summed E-state index contributed by atoms with van der Waals surface area (Å²) in [5.41, 5.74) is 0. The van der Waals surface area contributed by atoms with Crippen LogP contribution in [-0.4, -0.2) is 32.4 Å². The summed E-state index contributed by atoms with van der Waals surface area (Å²) in [5, 5.41) is 0. The average Bonchev–Trinajstić information content (AvgIpc) is 2.61. The molecule has 0 N–H and O–H groups in total. The van der Waals surface area contributed by atoms with Crippen molar-refractivity contribution in [1.29, 1.82) is 0 Å². The minimum atomic E-state index is -3.58. The molecule has 128 valence electrons. The van der Waals surface area contributed by atoms with Gasteiger partial charge in [-0.2, -0.15) is 4.31 Å². The molecular formula is C18H20FNO3S. The second-order valence-electron chi connectivity index (χ2n) is 5.95. The second-order valence-corrected chi connectivity index (χ2v) is 7.89. The lowest BCUT2D eigenvalue weighted by atomic mass is 10.0. The van der Waals surface area contributed by atoms with Crippen LogP contribution in [0.3, 0.4) is 0 Å². The standard InChI is InChI=1S/C18H20FNO3S/c19-16-8-10-18(11-9-16)24(21,22)20-12-4-5-15(13-20)14-23-17-6-2-1-3-7-17/h1-3,6-11,15H,4-5,12-14H2. The Hall–Kier alpha value is -1.92. The van der Waals surface area contributed by atoms with Gasteiger partial charge >= 0.3 is 0 Å². The quantitative estimate of drug-likeness (QED) is 0.832. The number of hydrogen-bond acceptors (Lipinski definition) is 3. The van der Waals surface area contributed by atoms with Crippen molar-refractivity contribution in [2.24, 2.45) is 5.92 Å². The second kappa shape index (κ2) is 7.32. The molecular weight excluding hydrogens is 329 g/mol. The number of hydrogen-bond donors (Lipinski definition) is 0. The summed E-state index contributed by atoms with van der Waals surface area (Å²) in [6, 6.07) is 14.5. The van der Waals surface area contributed by atoms with E-state index in [4.69, 9.17) is 4.74 Å². The Morgan fingerprint density at radius 2 is 1.79 bits per heavy atom. The van der Waals surface area contributed by atoms with E-state index < -0.39 is 15.8 Å². The van der Waals surface area contributed by atoms with Crippen LogP contribution in [-0.2, 0) is 10.0 Å². The summed E-state index contributed by atoms with van der Waals surface area (Å²) in [6.45, 7) is 1.40. The molecule has 0 bridgehead atoms. The molecule has 1 atom stereocenters. The van der Waals surface area contributed by atoms with E-state index >= 15 is 0 Å². The summed E-state index contributed by atoms with van der Waals surface area (Å²) >= 11 is 0. The highest BCUT2D eigenvalue weighted by molar-refractivity contribution is 7.89. The van der Waals surface area contributed by atoms with Crippen molar-refractivity contribution in [3.63, 3.8) is 0 Å². The van der Waals surface area contributed by atoms with E-state index in [0.29, 0.717) is 19.7 Å². The fraction of sp³-hybridized carbons (Fsp3) is 0.333. The van der Waals surface area contributed by atoms with Gasteiger partial charge < -0.3 is 4.74 Å². The average molecular weight is 349 g/mol. The maximum absolute atomic E-state index is 13.0. The molecule has 0 amide bonds. The fourth-order valence-corrected chi connectivity index (χ4v) is 4.42. The number of sulfonamides is 1. The molecule has 6 heteroatoms. The highest BCUT2D eigenvalue weighted by Crippen LogP contribution is 2.24. The van der Waals surface area contributed by atoms with E-state index in [2.05, 4.69) is 0 Å². The first kappa shape index (κ1) is 16.9. The predicted molar refractivity (Wildman–Crippen MR) is 89.8 cm³/mol. The molecule has 0 spiro atoms. The molecule has 2 aromatic rings. The minimum absolute atomic E-state index is 0.133. The van der Waals surface area contributed by atoms with Gasteiger partial charge in [0.15, 0.2) is 0 Å². The largest absolute Gasteiger partial charge is 0.493 e. The zero-order valence-corrected chi connectivity index (χ0v) is 14.1. The molecule has 0 aliphatic carbocycles. The molecule has 4 nitrogen and oxygen atoms in total. The molecule has 1 aliphatic heterocycles. The van der Waals surface area contributed by atoms with E-state index in [1.165, 1.54) is 28.6 Å². The van der Waals surface area contributed by atoms with Crippen LogP contribution in [0.2, 0.25) is 0 Å². The van der Waals surface area contributed by atoms with Crippen molar-refractivity contribution in [1.82, 2.24) is 4.31 Å². The van der Waals surface area contributed by atoms with Gasteiger partial charge in [0.2, 0.25) is 10.0 Å². The molecule has 1 heterocycles. The molecule has 24 heavy (non-hydrogen) atoms. The molecule has 2 aromatic carbocycles. The van der Waals surface area contributed by atoms with Crippen molar-refractivity contribution >= 4 is 10.0 Å². The first-order valence-electron chi connectivity index (χ1n) is 7.99. The predicted octanol–water partition coefficient (Wildman–Crippen LogP) is 3.31. The van der Waals surface area contributed by atoms with Crippen LogP contribution < -0.4 is 4.74 Å². The van der Waals surface area contributed by atoms with Gasteiger partial charge in [-0.1, -0.05) is 18.2 Å². The molecule has 1 saturated heterocycles. The van der Waals surface area contributed by atoms with E-state index in [9.17, 15) is 12.8 Å². The smallest absolute Gasteiger partial charge is 0.243 e. The summed E-state index contributed by atoms with van der Waals surface area (Å²) in [4.78, 5) is 0.133. The summed E-state index contributed by atoms with van der Waals surface area (Å²) in [7, 11) is -3.58. The van der Waals surface area contributed by atoms with Gasteiger partial charge in [-0.15, -0.1) is 0 Å². The van der Waals surface area contributed by atoms with E-state index in [0.717, 1.165) is 18.6 Å². The zero-order chi connectivity index (χ0) is 17.0. The molecule has 0 saturated carbocycles. The minimum Gasteiger partial charge on any atom is -0.493 e. The maximum atomic E-state index is 13.0. The number of halogens is 1. The highest BCUT2D eigenvalue weighted by Gasteiger charge is 2.30. The first-order valence-corrected chi connectivity index (χ1v) is 9.43. The van der Waals surface area contributed by atoms with Gasteiger partial charge in [-0.05, 0) is 49.2 Å². The third kappa shape index (κ3) is 3.94. The molecule has 1 aliphatic rings. The molecule has 0 radical (unpaired) electrons. The first-order chi connectivity index (χ1) is 11.6. The number of para-hydroxylation sites is 1. The Balaban J connectivity index is 1.65. The highest BCUT2D eigenvalue weighted by atomic mass is 32.2. The Kier molecular flexibility index (Phi) is 5.16. The lowest BCUT2D eigenvalue weighted by molar-refractivity contribution is 0.180. The Labute approximate surface area is 141 Å². The molecule has 3 rings (SSSR count). The Bertz CT molecular complexity index is 763. The van der Waals surface area contributed by atoms with Crippen molar-refractivity contribution in [3.05, 3.63) is 60.4 Å². The lowest BCUT2D eigenvalue weighted by Gasteiger charge is -2.31. The topological polar surface area (TPSA) is 46.6 Å². The normalized spacial score (nSPS) is 19.1. The van der Waals surface area contributed by atoms with Gasteiger partial charge in [-0.3, -0.25) is 0 Å². The van der Waals surface area contributed by atoms with Crippen LogP contribution >= 0.6 is 0 Å². The van der Waals surface area contributed by atoms with Crippen LogP contribution in [0.25, 0.3) is 0 Å². The monoisotopic (exact) mass is 349 g/mol. The third-order valence-corrected chi connectivity index (χ3v) is 6.04. The number of ether oxygens (including phenoxy) is 1. The van der Waals surface area contributed by atoms with Gasteiger partial charge in [-0.25, -0.2) is 12.8 Å². The lowest BCUT2D eigenvalue weighted by Crippen LogP contribution is -2.41.